The molecule has 1 aliphatic rings. The number of hydrogen-bond acceptors (Lipinski definition) is 3. The number of likely N-dealkylation sites (tertiary alicyclic amines) is 1. The maximum Gasteiger partial charge on any atom is 0.159 e. The van der Waals surface area contributed by atoms with Gasteiger partial charge in [-0.1, -0.05) is 24.3 Å². The summed E-state index contributed by atoms with van der Waals surface area (Å²) in [7, 11) is 0. The van der Waals surface area contributed by atoms with Crippen molar-refractivity contribution in [1.82, 2.24) is 4.90 Å². The summed E-state index contributed by atoms with van der Waals surface area (Å²) in [6, 6.07) is 14.8. The fourth-order valence-electron chi connectivity index (χ4n) is 3.15. The van der Waals surface area contributed by atoms with E-state index in [9.17, 15) is 9.18 Å². The van der Waals surface area contributed by atoms with Crippen molar-refractivity contribution in [3.8, 4) is 0 Å². The zero-order valence-electron chi connectivity index (χ0n) is 15.0. The molecule has 2 aromatic carbocycles. The Morgan fingerprint density at radius 2 is 1.69 bits per heavy atom. The summed E-state index contributed by atoms with van der Waals surface area (Å²) < 4.78 is 12.9. The molecular formula is C21H25ClFNOS. The molecule has 0 amide bonds. The summed E-state index contributed by atoms with van der Waals surface area (Å²) in [6.45, 7) is 4.87. The minimum Gasteiger partial charge on any atom is -0.303 e. The smallest absolute Gasteiger partial charge is 0.159 e. The Kier molecular flexibility index (Phi) is 8.14. The second-order valence-electron chi connectivity index (χ2n) is 6.62. The molecule has 0 N–H and O–H groups in total. The maximum absolute atomic E-state index is 12.9. The van der Waals surface area contributed by atoms with Gasteiger partial charge in [-0.15, -0.1) is 24.2 Å². The molecule has 0 spiro atoms. The van der Waals surface area contributed by atoms with Gasteiger partial charge in [0, 0.05) is 22.3 Å². The average Bonchev–Trinajstić information content (AvgIpc) is 2.63. The molecule has 2 nitrogen and oxygen atoms in total. The normalized spacial score (nSPS) is 15.5. The van der Waals surface area contributed by atoms with Gasteiger partial charge in [0.2, 0.25) is 0 Å². The van der Waals surface area contributed by atoms with E-state index in [0.717, 1.165) is 31.6 Å². The summed E-state index contributed by atoms with van der Waals surface area (Å²) in [6.07, 6.45) is 3.34. The van der Waals surface area contributed by atoms with Crippen LogP contribution >= 0.6 is 24.2 Å². The fourth-order valence-corrected chi connectivity index (χ4v) is 4.27. The first kappa shape index (κ1) is 20.9. The number of carbonyl (C=O) groups excluding carboxylic acids is 1. The van der Waals surface area contributed by atoms with Gasteiger partial charge in [-0.05, 0) is 69.1 Å². The van der Waals surface area contributed by atoms with Crippen molar-refractivity contribution < 1.29 is 9.18 Å². The van der Waals surface area contributed by atoms with Crippen LogP contribution in [-0.2, 0) is 6.42 Å². The number of rotatable bonds is 6. The number of halogens is 2. The van der Waals surface area contributed by atoms with Crippen molar-refractivity contribution in [2.24, 2.45) is 0 Å². The van der Waals surface area contributed by atoms with E-state index in [-0.39, 0.29) is 24.0 Å². The fraction of sp³-hybridized carbons (Fsp3) is 0.381. The first-order valence-electron chi connectivity index (χ1n) is 8.84. The third-order valence-corrected chi connectivity index (χ3v) is 6.08. The number of Topliss-reactive ketones (excluding diaryl/α,β-unsaturated/α-hetero) is 1. The second kappa shape index (κ2) is 10.1. The predicted octanol–water partition coefficient (Wildman–Crippen LogP) is 5.25. The summed E-state index contributed by atoms with van der Waals surface area (Å²) in [5.74, 6) is -0.0519. The van der Waals surface area contributed by atoms with Crippen LogP contribution in [0.25, 0.3) is 0 Å². The Morgan fingerprint density at radius 3 is 2.27 bits per heavy atom. The van der Waals surface area contributed by atoms with Gasteiger partial charge < -0.3 is 4.90 Å². The minimum atomic E-state index is -0.169. The third kappa shape index (κ3) is 6.11. The van der Waals surface area contributed by atoms with Crippen molar-refractivity contribution in [2.75, 3.05) is 19.6 Å². The molecule has 0 saturated carbocycles. The van der Waals surface area contributed by atoms with E-state index in [1.54, 1.807) is 6.92 Å². The molecule has 0 bridgehead atoms. The van der Waals surface area contributed by atoms with Gasteiger partial charge in [-0.25, -0.2) is 4.39 Å². The number of hydrogen-bond donors (Lipinski definition) is 0. The van der Waals surface area contributed by atoms with Crippen molar-refractivity contribution in [2.45, 2.75) is 36.3 Å². The highest BCUT2D eigenvalue weighted by Crippen LogP contribution is 2.30. The topological polar surface area (TPSA) is 20.3 Å². The van der Waals surface area contributed by atoms with E-state index in [4.69, 9.17) is 0 Å². The number of nitrogens with zero attached hydrogens (tertiary/aromatic N) is 1. The van der Waals surface area contributed by atoms with E-state index >= 15 is 0 Å². The van der Waals surface area contributed by atoms with Crippen LogP contribution in [0.2, 0.25) is 0 Å². The number of thioether (sulfide) groups is 1. The lowest BCUT2D eigenvalue weighted by Gasteiger charge is -2.31. The third-order valence-electron chi connectivity index (χ3n) is 4.73. The van der Waals surface area contributed by atoms with E-state index in [1.807, 2.05) is 36.0 Å². The molecular weight excluding hydrogens is 369 g/mol. The van der Waals surface area contributed by atoms with E-state index < -0.39 is 0 Å². The Hall–Kier alpha value is -1.36. The molecule has 1 fully saturated rings. The average molecular weight is 394 g/mol. The summed E-state index contributed by atoms with van der Waals surface area (Å²) >= 11 is 1.92. The number of piperidine rings is 1. The van der Waals surface area contributed by atoms with Gasteiger partial charge in [0.05, 0.1) is 0 Å². The highest BCUT2D eigenvalue weighted by atomic mass is 35.5. The van der Waals surface area contributed by atoms with Crippen molar-refractivity contribution in [3.63, 3.8) is 0 Å². The van der Waals surface area contributed by atoms with Crippen LogP contribution in [0, 0.1) is 5.82 Å². The van der Waals surface area contributed by atoms with Gasteiger partial charge in [0.25, 0.3) is 0 Å². The first-order chi connectivity index (χ1) is 12.1. The molecule has 0 aliphatic carbocycles. The van der Waals surface area contributed by atoms with Crippen LogP contribution in [0.15, 0.2) is 53.4 Å². The Balaban J connectivity index is 0.00000243. The van der Waals surface area contributed by atoms with E-state index in [2.05, 4.69) is 17.0 Å². The van der Waals surface area contributed by atoms with Crippen LogP contribution in [0.4, 0.5) is 4.39 Å². The van der Waals surface area contributed by atoms with Crippen LogP contribution < -0.4 is 0 Å². The lowest BCUT2D eigenvalue weighted by Crippen LogP contribution is -2.36. The van der Waals surface area contributed by atoms with Gasteiger partial charge in [0.15, 0.2) is 5.78 Å². The molecule has 5 heteroatoms. The lowest BCUT2D eigenvalue weighted by molar-refractivity contribution is 0.101. The maximum atomic E-state index is 12.9. The number of carbonyl (C=O) groups is 1. The van der Waals surface area contributed by atoms with Crippen LogP contribution in [-0.4, -0.2) is 35.6 Å². The molecule has 0 aromatic heterocycles. The lowest BCUT2D eigenvalue weighted by atomic mass is 10.1. The molecule has 3 rings (SSSR count). The van der Waals surface area contributed by atoms with Gasteiger partial charge >= 0.3 is 0 Å². The predicted molar refractivity (Wildman–Crippen MR) is 109 cm³/mol. The molecule has 140 valence electrons. The zero-order valence-corrected chi connectivity index (χ0v) is 16.6. The number of benzene rings is 2. The highest BCUT2D eigenvalue weighted by molar-refractivity contribution is 8.00. The monoisotopic (exact) mass is 393 g/mol. The van der Waals surface area contributed by atoms with Gasteiger partial charge in [0.1, 0.15) is 5.82 Å². The minimum absolute atomic E-state index is 0. The summed E-state index contributed by atoms with van der Waals surface area (Å²) in [5.41, 5.74) is 1.98. The largest absolute Gasteiger partial charge is 0.303 e. The Bertz CT molecular complexity index is 697. The molecule has 0 radical (unpaired) electrons. The van der Waals surface area contributed by atoms with Crippen molar-refractivity contribution in [3.05, 3.63) is 65.5 Å². The molecule has 1 saturated heterocycles. The van der Waals surface area contributed by atoms with Crippen LogP contribution in [0.5, 0.6) is 0 Å². The second-order valence-corrected chi connectivity index (χ2v) is 7.99. The molecule has 0 atom stereocenters. The quantitative estimate of drug-likeness (QED) is 0.625. The van der Waals surface area contributed by atoms with Crippen molar-refractivity contribution >= 4 is 30.0 Å². The molecule has 1 heterocycles. The summed E-state index contributed by atoms with van der Waals surface area (Å²) in [5, 5.41) is 0.644. The Morgan fingerprint density at radius 1 is 1.08 bits per heavy atom. The molecule has 26 heavy (non-hydrogen) atoms. The molecule has 2 aromatic rings. The zero-order chi connectivity index (χ0) is 17.6. The molecule has 1 aliphatic heterocycles. The SMILES string of the molecule is CC(=O)c1ccc(SC2CCN(CCc3ccc(F)cc3)CC2)cc1.Cl. The van der Waals surface area contributed by atoms with E-state index in [1.165, 1.54) is 35.4 Å². The van der Waals surface area contributed by atoms with Crippen molar-refractivity contribution in [1.29, 1.82) is 0 Å². The number of ketones is 1. The standard InChI is InChI=1S/C21H24FNOS.ClH/c1-16(24)18-4-8-20(9-5-18)25-21-11-14-23(15-12-21)13-10-17-2-6-19(22)7-3-17;/h2-9,21H,10-15H2,1H3;1H. The van der Waals surface area contributed by atoms with Crippen LogP contribution in [0.1, 0.15) is 35.7 Å². The van der Waals surface area contributed by atoms with Crippen LogP contribution in [0.3, 0.4) is 0 Å². The van der Waals surface area contributed by atoms with E-state index in [0.29, 0.717) is 5.25 Å². The summed E-state index contributed by atoms with van der Waals surface area (Å²) in [4.78, 5) is 15.1. The first-order valence-corrected chi connectivity index (χ1v) is 9.72. The van der Waals surface area contributed by atoms with Gasteiger partial charge in [-0.3, -0.25) is 4.79 Å². The Labute approximate surface area is 165 Å². The van der Waals surface area contributed by atoms with Gasteiger partial charge in [-0.2, -0.15) is 0 Å². The molecule has 0 unspecified atom stereocenters. The highest BCUT2D eigenvalue weighted by Gasteiger charge is 2.19.